The van der Waals surface area contributed by atoms with E-state index in [1.165, 1.54) is 5.69 Å². The molecule has 1 atom stereocenters. The number of hydrogen-bond donors (Lipinski definition) is 1. The average Bonchev–Trinajstić information content (AvgIpc) is 3.24. The summed E-state index contributed by atoms with van der Waals surface area (Å²) in [6, 6.07) is 12.9. The Labute approximate surface area is 179 Å². The molecule has 2 fully saturated rings. The summed E-state index contributed by atoms with van der Waals surface area (Å²) >= 11 is 0. The van der Waals surface area contributed by atoms with E-state index in [9.17, 15) is 4.79 Å². The second-order valence-corrected chi connectivity index (χ2v) is 8.50. The summed E-state index contributed by atoms with van der Waals surface area (Å²) in [7, 11) is 1.68. The molecular formula is C24H32N4O2. The summed E-state index contributed by atoms with van der Waals surface area (Å²) in [5.74, 6) is 1.50. The molecule has 0 unspecified atom stereocenters. The number of anilines is 2. The van der Waals surface area contributed by atoms with Gasteiger partial charge in [0.05, 0.1) is 7.11 Å². The summed E-state index contributed by atoms with van der Waals surface area (Å²) < 4.78 is 5.33. The van der Waals surface area contributed by atoms with E-state index >= 15 is 0 Å². The number of benzene rings is 1. The maximum absolute atomic E-state index is 11.6. The van der Waals surface area contributed by atoms with Crippen molar-refractivity contribution in [2.75, 3.05) is 38.6 Å². The van der Waals surface area contributed by atoms with Gasteiger partial charge in [-0.2, -0.15) is 0 Å². The summed E-state index contributed by atoms with van der Waals surface area (Å²) in [6.45, 7) is 7.68. The van der Waals surface area contributed by atoms with Gasteiger partial charge in [-0.05, 0) is 57.0 Å². The number of piperidine rings is 1. The van der Waals surface area contributed by atoms with Crippen molar-refractivity contribution in [1.29, 1.82) is 0 Å². The van der Waals surface area contributed by atoms with Crippen LogP contribution in [0.5, 0.6) is 5.75 Å². The molecule has 2 aromatic rings. The number of aromatic nitrogens is 1. The van der Waals surface area contributed by atoms with Crippen molar-refractivity contribution in [3.8, 4) is 5.75 Å². The van der Waals surface area contributed by atoms with Crippen LogP contribution in [0.4, 0.5) is 11.4 Å². The van der Waals surface area contributed by atoms with Crippen molar-refractivity contribution in [2.24, 2.45) is 0 Å². The summed E-state index contributed by atoms with van der Waals surface area (Å²) in [4.78, 5) is 21.0. The molecule has 1 aromatic carbocycles. The maximum atomic E-state index is 11.6. The zero-order valence-corrected chi connectivity index (χ0v) is 18.2. The Morgan fingerprint density at radius 1 is 1.10 bits per heavy atom. The number of amides is 1. The SMILES string of the molecule is COc1cccc(Nc2cc(C)nc([C@@H]3CCN(C4CCN(C(C)=O)CC4)C3)c2)c1. The zero-order chi connectivity index (χ0) is 21.1. The third kappa shape index (κ3) is 4.75. The molecule has 0 spiro atoms. The lowest BCUT2D eigenvalue weighted by atomic mass is 10.0. The predicted molar refractivity (Wildman–Crippen MR) is 119 cm³/mol. The lowest BCUT2D eigenvalue weighted by Gasteiger charge is -2.36. The predicted octanol–water partition coefficient (Wildman–Crippen LogP) is 3.94. The first-order chi connectivity index (χ1) is 14.5. The fourth-order valence-corrected chi connectivity index (χ4v) is 4.75. The largest absolute Gasteiger partial charge is 0.497 e. The second kappa shape index (κ2) is 9.04. The van der Waals surface area contributed by atoms with E-state index in [0.29, 0.717) is 12.0 Å². The third-order valence-electron chi connectivity index (χ3n) is 6.40. The average molecular weight is 409 g/mol. The molecule has 3 heterocycles. The van der Waals surface area contributed by atoms with Gasteiger partial charge in [-0.1, -0.05) is 6.07 Å². The highest BCUT2D eigenvalue weighted by molar-refractivity contribution is 5.73. The highest BCUT2D eigenvalue weighted by Gasteiger charge is 2.32. The van der Waals surface area contributed by atoms with Crippen LogP contribution in [0.2, 0.25) is 0 Å². The van der Waals surface area contributed by atoms with Crippen LogP contribution in [0.1, 0.15) is 43.5 Å². The van der Waals surface area contributed by atoms with E-state index in [4.69, 9.17) is 9.72 Å². The number of aryl methyl sites for hydroxylation is 1. The van der Waals surface area contributed by atoms with Crippen LogP contribution in [-0.2, 0) is 4.79 Å². The van der Waals surface area contributed by atoms with Gasteiger partial charge in [0, 0.05) is 67.3 Å². The van der Waals surface area contributed by atoms with Crippen molar-refractivity contribution in [2.45, 2.75) is 45.1 Å². The summed E-state index contributed by atoms with van der Waals surface area (Å²) in [5.41, 5.74) is 4.28. The highest BCUT2D eigenvalue weighted by atomic mass is 16.5. The molecule has 160 valence electrons. The first-order valence-electron chi connectivity index (χ1n) is 10.9. The van der Waals surface area contributed by atoms with Crippen LogP contribution in [0, 0.1) is 6.92 Å². The Morgan fingerprint density at radius 2 is 1.90 bits per heavy atom. The molecular weight excluding hydrogens is 376 g/mol. The molecule has 1 amide bonds. The highest BCUT2D eigenvalue weighted by Crippen LogP contribution is 2.32. The number of nitrogens with zero attached hydrogens (tertiary/aromatic N) is 3. The van der Waals surface area contributed by atoms with Crippen LogP contribution in [0.3, 0.4) is 0 Å². The number of likely N-dealkylation sites (tertiary alicyclic amines) is 2. The molecule has 6 heteroatoms. The molecule has 30 heavy (non-hydrogen) atoms. The Kier molecular flexibility index (Phi) is 6.23. The Hall–Kier alpha value is -2.60. The molecule has 2 saturated heterocycles. The number of methoxy groups -OCH3 is 1. The van der Waals surface area contributed by atoms with Crippen molar-refractivity contribution >= 4 is 17.3 Å². The number of hydrogen-bond acceptors (Lipinski definition) is 5. The number of carbonyl (C=O) groups excluding carboxylic acids is 1. The van der Waals surface area contributed by atoms with Crippen LogP contribution >= 0.6 is 0 Å². The fraction of sp³-hybridized carbons (Fsp3) is 0.500. The van der Waals surface area contributed by atoms with Crippen LogP contribution in [-0.4, -0.2) is 60.0 Å². The molecule has 6 nitrogen and oxygen atoms in total. The topological polar surface area (TPSA) is 57.7 Å². The van der Waals surface area contributed by atoms with Gasteiger partial charge in [0.2, 0.25) is 5.91 Å². The lowest BCUT2D eigenvalue weighted by molar-refractivity contribution is -0.130. The molecule has 4 rings (SSSR count). The molecule has 0 bridgehead atoms. The van der Waals surface area contributed by atoms with Gasteiger partial charge in [0.15, 0.2) is 0 Å². The zero-order valence-electron chi connectivity index (χ0n) is 18.2. The summed E-state index contributed by atoms with van der Waals surface area (Å²) in [5, 5.41) is 3.50. The molecule has 1 N–H and O–H groups in total. The molecule has 1 aromatic heterocycles. The number of rotatable bonds is 5. The van der Waals surface area contributed by atoms with E-state index in [-0.39, 0.29) is 5.91 Å². The van der Waals surface area contributed by atoms with Gasteiger partial charge >= 0.3 is 0 Å². The van der Waals surface area contributed by atoms with Crippen molar-refractivity contribution in [1.82, 2.24) is 14.8 Å². The minimum atomic E-state index is 0.202. The van der Waals surface area contributed by atoms with E-state index in [1.54, 1.807) is 14.0 Å². The number of carbonyl (C=O) groups is 1. The standard InChI is InChI=1S/C24H32N4O2/c1-17-13-21(26-20-5-4-6-23(14-20)30-3)15-24(25-17)19-7-10-28(16-19)22-8-11-27(12-9-22)18(2)29/h4-6,13-15,19,22H,7-12,16H2,1-3H3,(H,25,26)/t19-/m1/s1. The van der Waals surface area contributed by atoms with Crippen molar-refractivity contribution < 1.29 is 9.53 Å². The Balaban J connectivity index is 1.41. The molecule has 2 aliphatic heterocycles. The molecule has 0 aliphatic carbocycles. The second-order valence-electron chi connectivity index (χ2n) is 8.50. The quantitative estimate of drug-likeness (QED) is 0.812. The maximum Gasteiger partial charge on any atom is 0.219 e. The fourth-order valence-electron chi connectivity index (χ4n) is 4.75. The Morgan fingerprint density at radius 3 is 2.63 bits per heavy atom. The molecule has 0 saturated carbocycles. The minimum Gasteiger partial charge on any atom is -0.497 e. The van der Waals surface area contributed by atoms with Gasteiger partial charge in [-0.25, -0.2) is 0 Å². The monoisotopic (exact) mass is 408 g/mol. The van der Waals surface area contributed by atoms with Crippen molar-refractivity contribution in [3.63, 3.8) is 0 Å². The van der Waals surface area contributed by atoms with Crippen LogP contribution in [0.15, 0.2) is 36.4 Å². The number of ether oxygens (including phenoxy) is 1. The van der Waals surface area contributed by atoms with E-state index in [2.05, 4.69) is 29.3 Å². The van der Waals surface area contributed by atoms with E-state index in [0.717, 1.165) is 68.3 Å². The van der Waals surface area contributed by atoms with Gasteiger partial charge < -0.3 is 15.0 Å². The smallest absolute Gasteiger partial charge is 0.219 e. The van der Waals surface area contributed by atoms with Gasteiger partial charge in [-0.15, -0.1) is 0 Å². The van der Waals surface area contributed by atoms with E-state index in [1.807, 2.05) is 29.2 Å². The number of pyridine rings is 1. The molecule has 2 aliphatic rings. The molecule has 0 radical (unpaired) electrons. The van der Waals surface area contributed by atoms with E-state index < -0.39 is 0 Å². The Bertz CT molecular complexity index is 893. The van der Waals surface area contributed by atoms with Gasteiger partial charge in [-0.3, -0.25) is 14.7 Å². The van der Waals surface area contributed by atoms with Gasteiger partial charge in [0.25, 0.3) is 0 Å². The third-order valence-corrected chi connectivity index (χ3v) is 6.40. The van der Waals surface area contributed by atoms with Crippen LogP contribution < -0.4 is 10.1 Å². The first kappa shape index (κ1) is 20.7. The normalized spacial score (nSPS) is 20.4. The minimum absolute atomic E-state index is 0.202. The first-order valence-corrected chi connectivity index (χ1v) is 10.9. The number of nitrogens with one attached hydrogen (secondary N) is 1. The van der Waals surface area contributed by atoms with Crippen molar-refractivity contribution in [3.05, 3.63) is 47.8 Å². The van der Waals surface area contributed by atoms with Gasteiger partial charge in [0.1, 0.15) is 5.75 Å². The van der Waals surface area contributed by atoms with Crippen LogP contribution in [0.25, 0.3) is 0 Å². The lowest BCUT2D eigenvalue weighted by Crippen LogP contribution is -2.45. The summed E-state index contributed by atoms with van der Waals surface area (Å²) in [6.07, 6.45) is 3.30.